The van der Waals surface area contributed by atoms with E-state index in [1.807, 2.05) is 0 Å². The van der Waals surface area contributed by atoms with Gasteiger partial charge in [0.2, 0.25) is 5.60 Å². The number of carbonyl (C=O) groups is 3. The normalized spacial score (nSPS) is 22.8. The molecule has 1 rings (SSSR count). The number of halogens is 9. The Bertz CT molecular complexity index is 883. The number of carbonyl (C=O) groups excluding carboxylic acids is 3. The molecule has 0 amide bonds. The minimum atomic E-state index is -6.43. The summed E-state index contributed by atoms with van der Waals surface area (Å²) >= 11 is 0. The monoisotopic (exact) mass is 592 g/mol. The van der Waals surface area contributed by atoms with Gasteiger partial charge in [-0.05, 0) is 46.5 Å². The lowest BCUT2D eigenvalue weighted by Gasteiger charge is -2.49. The highest BCUT2D eigenvalue weighted by Gasteiger charge is 2.79. The summed E-state index contributed by atoms with van der Waals surface area (Å²) in [4.78, 5) is 35.9. The van der Waals surface area contributed by atoms with E-state index in [1.54, 1.807) is 0 Å². The van der Waals surface area contributed by atoms with Gasteiger partial charge in [0.15, 0.2) is 0 Å². The molecule has 8 nitrogen and oxygen atoms in total. The van der Waals surface area contributed by atoms with E-state index in [0.29, 0.717) is 14.2 Å². The molecule has 0 heterocycles. The highest BCUT2D eigenvalue weighted by molar-refractivity contribution is 5.76. The van der Waals surface area contributed by atoms with E-state index in [9.17, 15) is 53.9 Å². The number of esters is 1. The Balaban J connectivity index is 3.88. The fourth-order valence-corrected chi connectivity index (χ4v) is 4.18. The largest absolute Gasteiger partial charge is 0.509 e. The zero-order valence-corrected chi connectivity index (χ0v) is 21.7. The average Bonchev–Trinajstić information content (AvgIpc) is 2.79. The molecule has 0 aliphatic heterocycles. The van der Waals surface area contributed by atoms with E-state index in [0.717, 1.165) is 0 Å². The molecule has 4 atom stereocenters. The Morgan fingerprint density at radius 3 is 1.51 bits per heavy atom. The van der Waals surface area contributed by atoms with Gasteiger partial charge in [0, 0.05) is 11.8 Å². The Morgan fingerprint density at radius 1 is 0.692 bits per heavy atom. The van der Waals surface area contributed by atoms with Crippen molar-refractivity contribution in [2.24, 2.45) is 17.3 Å². The zero-order chi connectivity index (χ0) is 30.8. The summed E-state index contributed by atoms with van der Waals surface area (Å²) in [5.74, 6) is -6.47. The number of hydrogen-bond donors (Lipinski definition) is 0. The van der Waals surface area contributed by atoms with Gasteiger partial charge in [-0.1, -0.05) is 6.92 Å². The Hall–Kier alpha value is -2.62. The molecule has 1 aliphatic carbocycles. The summed E-state index contributed by atoms with van der Waals surface area (Å²) in [6, 6.07) is 0. The van der Waals surface area contributed by atoms with Crippen molar-refractivity contribution in [3.8, 4) is 0 Å². The fourth-order valence-electron chi connectivity index (χ4n) is 4.18. The average molecular weight is 592 g/mol. The first-order valence-electron chi connectivity index (χ1n) is 11.4. The van der Waals surface area contributed by atoms with Gasteiger partial charge < -0.3 is 23.7 Å². The van der Waals surface area contributed by atoms with Gasteiger partial charge in [0.25, 0.3) is 0 Å². The van der Waals surface area contributed by atoms with Crippen LogP contribution in [0.25, 0.3) is 0 Å². The van der Waals surface area contributed by atoms with Crippen LogP contribution in [0.3, 0.4) is 0 Å². The molecule has 0 spiro atoms. The van der Waals surface area contributed by atoms with Crippen molar-refractivity contribution >= 4 is 18.3 Å². The van der Waals surface area contributed by atoms with Crippen LogP contribution in [-0.4, -0.2) is 68.3 Å². The van der Waals surface area contributed by atoms with E-state index in [-0.39, 0.29) is 13.3 Å². The maximum Gasteiger partial charge on any atom is 0.509 e. The van der Waals surface area contributed by atoms with Crippen LogP contribution < -0.4 is 0 Å². The minimum Gasteiger partial charge on any atom is -0.462 e. The molecule has 0 aromatic heterocycles. The summed E-state index contributed by atoms with van der Waals surface area (Å²) in [6.07, 6.45) is -28.5. The van der Waals surface area contributed by atoms with Crippen LogP contribution in [0, 0.1) is 17.3 Å². The van der Waals surface area contributed by atoms with Crippen molar-refractivity contribution in [2.75, 3.05) is 14.2 Å². The molecule has 17 heteroatoms. The molecule has 0 aromatic carbocycles. The second-order valence-electron chi connectivity index (χ2n) is 9.81. The summed E-state index contributed by atoms with van der Waals surface area (Å²) in [7, 11) is 1.05. The van der Waals surface area contributed by atoms with Gasteiger partial charge in [0.05, 0.1) is 19.6 Å². The van der Waals surface area contributed by atoms with Crippen LogP contribution in [0.5, 0.6) is 0 Å². The predicted octanol–water partition coefficient (Wildman–Crippen LogP) is 6.50. The number of methoxy groups -OCH3 is 2. The molecule has 39 heavy (non-hydrogen) atoms. The standard InChI is InChI=1S/C22H29F9O8/c1-7-17(2,3)14(32)37-13-9-11(18(4,20(23,24)25)38-15(33)35-5)8-12(10-13)19(21(26,27)28,22(29,30)31)39-16(34)36-6/h11-13H,7-10H2,1-6H3. The molecule has 4 unspecified atom stereocenters. The van der Waals surface area contributed by atoms with Crippen molar-refractivity contribution in [1.29, 1.82) is 0 Å². The van der Waals surface area contributed by atoms with Gasteiger partial charge in [-0.25, -0.2) is 9.59 Å². The lowest BCUT2D eigenvalue weighted by Crippen LogP contribution is -2.67. The Morgan fingerprint density at radius 2 is 1.13 bits per heavy atom. The van der Waals surface area contributed by atoms with E-state index in [4.69, 9.17) is 4.74 Å². The quantitative estimate of drug-likeness (QED) is 0.188. The molecule has 0 N–H and O–H groups in total. The van der Waals surface area contributed by atoms with Crippen LogP contribution >= 0.6 is 0 Å². The predicted molar refractivity (Wildman–Crippen MR) is 111 cm³/mol. The van der Waals surface area contributed by atoms with Gasteiger partial charge in [-0.3, -0.25) is 4.79 Å². The van der Waals surface area contributed by atoms with Gasteiger partial charge >= 0.3 is 42.4 Å². The van der Waals surface area contributed by atoms with Crippen molar-refractivity contribution < 1.29 is 77.6 Å². The second kappa shape index (κ2) is 11.5. The van der Waals surface area contributed by atoms with Crippen LogP contribution in [0.4, 0.5) is 49.1 Å². The number of hydrogen-bond acceptors (Lipinski definition) is 8. The molecule has 0 bridgehead atoms. The van der Waals surface area contributed by atoms with Crippen molar-refractivity contribution in [1.82, 2.24) is 0 Å². The van der Waals surface area contributed by atoms with Gasteiger partial charge in [-0.15, -0.1) is 0 Å². The van der Waals surface area contributed by atoms with Crippen molar-refractivity contribution in [3.05, 3.63) is 0 Å². The van der Waals surface area contributed by atoms with Crippen LogP contribution in [0.15, 0.2) is 0 Å². The molecular weight excluding hydrogens is 563 g/mol. The maximum atomic E-state index is 14.2. The van der Waals surface area contributed by atoms with Crippen molar-refractivity contribution in [2.45, 2.75) is 89.2 Å². The summed E-state index contributed by atoms with van der Waals surface area (Å²) in [6.45, 7) is 4.42. The van der Waals surface area contributed by atoms with E-state index >= 15 is 0 Å². The third kappa shape index (κ3) is 6.94. The van der Waals surface area contributed by atoms with Gasteiger partial charge in [0.1, 0.15) is 6.10 Å². The molecule has 0 saturated heterocycles. The maximum absolute atomic E-state index is 14.2. The Kier molecular flexibility index (Phi) is 10.1. The molecule has 0 aromatic rings. The third-order valence-corrected chi connectivity index (χ3v) is 7.01. The number of rotatable bonds is 7. The van der Waals surface area contributed by atoms with E-state index in [1.165, 1.54) is 20.8 Å². The summed E-state index contributed by atoms with van der Waals surface area (Å²) in [5.41, 5.74) is -10.4. The van der Waals surface area contributed by atoms with E-state index < -0.39 is 90.6 Å². The van der Waals surface area contributed by atoms with Crippen molar-refractivity contribution in [3.63, 3.8) is 0 Å². The first-order chi connectivity index (χ1) is 17.4. The number of ether oxygens (including phenoxy) is 5. The molecule has 1 fully saturated rings. The zero-order valence-electron chi connectivity index (χ0n) is 21.7. The third-order valence-electron chi connectivity index (χ3n) is 7.01. The van der Waals surface area contributed by atoms with Crippen LogP contribution in [-0.2, 0) is 28.5 Å². The lowest BCUT2D eigenvalue weighted by atomic mass is 9.66. The SMILES string of the molecule is CCC(C)(C)C(=O)OC1CC(C(C)(OC(=O)OC)C(F)(F)F)CC(C(OC(=O)OC)(C(F)(F)F)C(F)(F)F)C1. The van der Waals surface area contributed by atoms with Crippen LogP contribution in [0.1, 0.15) is 53.4 Å². The molecule has 1 aliphatic rings. The topological polar surface area (TPSA) is 97.4 Å². The molecular formula is C22H29F9O8. The van der Waals surface area contributed by atoms with E-state index in [2.05, 4.69) is 18.9 Å². The second-order valence-corrected chi connectivity index (χ2v) is 9.81. The smallest absolute Gasteiger partial charge is 0.462 e. The van der Waals surface area contributed by atoms with Crippen LogP contribution in [0.2, 0.25) is 0 Å². The minimum absolute atomic E-state index is 0.0949. The Labute approximate surface area is 217 Å². The highest BCUT2D eigenvalue weighted by atomic mass is 19.4. The number of alkyl halides is 9. The summed E-state index contributed by atoms with van der Waals surface area (Å²) in [5, 5.41) is 0. The molecule has 228 valence electrons. The first-order valence-corrected chi connectivity index (χ1v) is 11.4. The molecule has 1 saturated carbocycles. The van der Waals surface area contributed by atoms with Gasteiger partial charge in [-0.2, -0.15) is 39.5 Å². The first kappa shape index (κ1) is 34.4. The fraction of sp³-hybridized carbons (Fsp3) is 0.864. The lowest BCUT2D eigenvalue weighted by molar-refractivity contribution is -0.391. The molecule has 0 radical (unpaired) electrons. The summed E-state index contributed by atoms with van der Waals surface area (Å²) < 4.78 is 149. The highest BCUT2D eigenvalue weighted by Crippen LogP contribution is 2.57.